The summed E-state index contributed by atoms with van der Waals surface area (Å²) in [4.78, 5) is 23.8. The highest BCUT2D eigenvalue weighted by Crippen LogP contribution is 2.30. The Morgan fingerprint density at radius 2 is 2.23 bits per heavy atom. The minimum Gasteiger partial charge on any atom is -0.492 e. The van der Waals surface area contributed by atoms with Crippen LogP contribution in [-0.2, 0) is 16.0 Å². The fourth-order valence-electron chi connectivity index (χ4n) is 2.63. The van der Waals surface area contributed by atoms with E-state index in [9.17, 15) is 14.7 Å². The van der Waals surface area contributed by atoms with Crippen LogP contribution in [0, 0.1) is 5.92 Å². The average Bonchev–Trinajstić information content (AvgIpc) is 2.46. The number of benzene rings is 1. The minimum atomic E-state index is -1.25. The summed E-state index contributed by atoms with van der Waals surface area (Å²) < 4.78 is 5.58. The van der Waals surface area contributed by atoms with Gasteiger partial charge < -0.3 is 15.2 Å². The van der Waals surface area contributed by atoms with Crippen molar-refractivity contribution in [2.75, 3.05) is 6.61 Å². The number of ether oxygens (including phenoxy) is 1. The van der Waals surface area contributed by atoms with Crippen molar-refractivity contribution >= 4 is 23.5 Å². The van der Waals surface area contributed by atoms with Crippen molar-refractivity contribution in [3.05, 3.63) is 28.8 Å². The summed E-state index contributed by atoms with van der Waals surface area (Å²) in [5.41, 5.74) is -0.383. The monoisotopic (exact) mass is 325 g/mol. The normalized spacial score (nSPS) is 19.5. The fraction of sp³-hybridized carbons (Fsp3) is 0.500. The zero-order valence-electron chi connectivity index (χ0n) is 12.7. The third kappa shape index (κ3) is 3.53. The van der Waals surface area contributed by atoms with Gasteiger partial charge in [-0.1, -0.05) is 24.9 Å². The molecule has 1 aromatic rings. The molecule has 2 unspecified atom stereocenters. The van der Waals surface area contributed by atoms with E-state index in [0.717, 1.165) is 11.3 Å². The van der Waals surface area contributed by atoms with Crippen molar-refractivity contribution in [2.45, 2.75) is 38.6 Å². The van der Waals surface area contributed by atoms with E-state index in [0.29, 0.717) is 24.3 Å². The van der Waals surface area contributed by atoms with E-state index in [2.05, 4.69) is 5.32 Å². The second-order valence-electron chi connectivity index (χ2n) is 5.84. The molecule has 1 aromatic carbocycles. The van der Waals surface area contributed by atoms with Gasteiger partial charge in [0.15, 0.2) is 0 Å². The van der Waals surface area contributed by atoms with Gasteiger partial charge in [-0.15, -0.1) is 0 Å². The number of aliphatic carboxylic acids is 1. The van der Waals surface area contributed by atoms with Gasteiger partial charge in [-0.3, -0.25) is 4.79 Å². The van der Waals surface area contributed by atoms with Crippen molar-refractivity contribution in [3.8, 4) is 5.75 Å². The molecular weight excluding hydrogens is 306 g/mol. The first-order valence-corrected chi connectivity index (χ1v) is 7.70. The van der Waals surface area contributed by atoms with Crippen LogP contribution in [-0.4, -0.2) is 29.1 Å². The van der Waals surface area contributed by atoms with E-state index < -0.39 is 17.4 Å². The Morgan fingerprint density at radius 3 is 2.86 bits per heavy atom. The Bertz CT molecular complexity index is 590. The predicted molar refractivity (Wildman–Crippen MR) is 83.2 cm³/mol. The van der Waals surface area contributed by atoms with E-state index in [-0.39, 0.29) is 12.5 Å². The lowest BCUT2D eigenvalue weighted by atomic mass is 9.92. The van der Waals surface area contributed by atoms with Crippen LogP contribution < -0.4 is 10.1 Å². The molecule has 0 aromatic heterocycles. The molecule has 1 aliphatic rings. The van der Waals surface area contributed by atoms with E-state index in [1.807, 2.05) is 6.92 Å². The van der Waals surface area contributed by atoms with E-state index in [4.69, 9.17) is 16.3 Å². The van der Waals surface area contributed by atoms with Gasteiger partial charge in [0.1, 0.15) is 17.9 Å². The number of carboxylic acid groups (broad SMARTS) is 1. The molecule has 2 N–H and O–H groups in total. The molecular formula is C16H20ClNO4. The molecule has 1 heterocycles. The first kappa shape index (κ1) is 16.6. The Balaban J connectivity index is 2.09. The average molecular weight is 326 g/mol. The number of rotatable bonds is 5. The maximum absolute atomic E-state index is 12.4. The second kappa shape index (κ2) is 6.57. The number of carboxylic acids is 1. The van der Waals surface area contributed by atoms with Gasteiger partial charge in [0.05, 0.1) is 5.92 Å². The molecule has 0 aliphatic carbocycles. The first-order valence-electron chi connectivity index (χ1n) is 7.32. The molecule has 0 bridgehead atoms. The number of carbonyl (C=O) groups excluding carboxylic acids is 1. The molecule has 0 fully saturated rings. The van der Waals surface area contributed by atoms with E-state index in [1.165, 1.54) is 6.92 Å². The SMILES string of the molecule is CCCC(C)(NC(=O)C1COc2ccc(Cl)cc2C1)C(=O)O. The second-order valence-corrected chi connectivity index (χ2v) is 6.28. The molecule has 5 nitrogen and oxygen atoms in total. The lowest BCUT2D eigenvalue weighted by Gasteiger charge is -2.30. The van der Waals surface area contributed by atoms with Crippen molar-refractivity contribution in [1.29, 1.82) is 0 Å². The molecule has 0 saturated carbocycles. The van der Waals surface area contributed by atoms with Gasteiger partial charge in [0.2, 0.25) is 5.91 Å². The zero-order chi connectivity index (χ0) is 16.3. The maximum Gasteiger partial charge on any atom is 0.329 e. The van der Waals surface area contributed by atoms with Crippen molar-refractivity contribution < 1.29 is 19.4 Å². The van der Waals surface area contributed by atoms with Crippen molar-refractivity contribution in [3.63, 3.8) is 0 Å². The highest BCUT2D eigenvalue weighted by atomic mass is 35.5. The molecule has 1 aliphatic heterocycles. The summed E-state index contributed by atoms with van der Waals surface area (Å²) in [5, 5.41) is 12.6. The van der Waals surface area contributed by atoms with Gasteiger partial charge in [-0.05, 0) is 43.5 Å². The number of fused-ring (bicyclic) bond motifs is 1. The smallest absolute Gasteiger partial charge is 0.329 e. The highest BCUT2D eigenvalue weighted by Gasteiger charge is 2.37. The third-order valence-corrected chi connectivity index (χ3v) is 4.16. The third-order valence-electron chi connectivity index (χ3n) is 3.92. The number of carbonyl (C=O) groups is 2. The van der Waals surface area contributed by atoms with Crippen molar-refractivity contribution in [1.82, 2.24) is 5.32 Å². The van der Waals surface area contributed by atoms with Gasteiger partial charge in [0.25, 0.3) is 0 Å². The van der Waals surface area contributed by atoms with E-state index >= 15 is 0 Å². The molecule has 0 saturated heterocycles. The summed E-state index contributed by atoms with van der Waals surface area (Å²) in [6, 6.07) is 5.30. The lowest BCUT2D eigenvalue weighted by molar-refractivity contribution is -0.148. The van der Waals surface area contributed by atoms with Crippen LogP contribution >= 0.6 is 11.6 Å². The first-order chi connectivity index (χ1) is 10.4. The number of amides is 1. The number of halogens is 1. The Morgan fingerprint density at radius 1 is 1.50 bits per heavy atom. The molecule has 0 spiro atoms. The van der Waals surface area contributed by atoms with Crippen LogP contribution in [0.4, 0.5) is 0 Å². The van der Waals surface area contributed by atoms with E-state index in [1.54, 1.807) is 18.2 Å². The largest absolute Gasteiger partial charge is 0.492 e. The molecule has 6 heteroatoms. The van der Waals surface area contributed by atoms with Crippen LogP contribution in [0.2, 0.25) is 5.02 Å². The Kier molecular flexibility index (Phi) is 4.96. The van der Waals surface area contributed by atoms with Gasteiger partial charge in [-0.25, -0.2) is 4.79 Å². The van der Waals surface area contributed by atoms with Crippen LogP contribution in [0.15, 0.2) is 18.2 Å². The number of hydrogen-bond acceptors (Lipinski definition) is 3. The molecule has 0 radical (unpaired) electrons. The number of hydrogen-bond donors (Lipinski definition) is 2. The lowest BCUT2D eigenvalue weighted by Crippen LogP contribution is -2.54. The van der Waals surface area contributed by atoms with Gasteiger partial charge in [-0.2, -0.15) is 0 Å². The zero-order valence-corrected chi connectivity index (χ0v) is 13.4. The summed E-state index contributed by atoms with van der Waals surface area (Å²) in [7, 11) is 0. The standard InChI is InChI=1S/C16H20ClNO4/c1-3-6-16(2,15(20)21)18-14(19)11-7-10-8-12(17)4-5-13(10)22-9-11/h4-5,8,11H,3,6-7,9H2,1-2H3,(H,18,19)(H,20,21). The predicted octanol–water partition coefficient (Wildman–Crippen LogP) is 2.65. The van der Waals surface area contributed by atoms with Crippen LogP contribution in [0.25, 0.3) is 0 Å². The van der Waals surface area contributed by atoms with Gasteiger partial charge >= 0.3 is 5.97 Å². The Hall–Kier alpha value is -1.75. The van der Waals surface area contributed by atoms with Crippen LogP contribution in [0.5, 0.6) is 5.75 Å². The molecule has 120 valence electrons. The van der Waals surface area contributed by atoms with Crippen LogP contribution in [0.3, 0.4) is 0 Å². The highest BCUT2D eigenvalue weighted by molar-refractivity contribution is 6.30. The summed E-state index contributed by atoms with van der Waals surface area (Å²) in [6.45, 7) is 3.66. The maximum atomic E-state index is 12.4. The number of nitrogens with one attached hydrogen (secondary N) is 1. The molecule has 22 heavy (non-hydrogen) atoms. The van der Waals surface area contributed by atoms with Crippen LogP contribution in [0.1, 0.15) is 32.3 Å². The van der Waals surface area contributed by atoms with Crippen molar-refractivity contribution in [2.24, 2.45) is 5.92 Å². The summed E-state index contributed by atoms with van der Waals surface area (Å²) >= 11 is 5.96. The Labute approximate surface area is 134 Å². The quantitative estimate of drug-likeness (QED) is 0.872. The minimum absolute atomic E-state index is 0.238. The topological polar surface area (TPSA) is 75.6 Å². The van der Waals surface area contributed by atoms with Gasteiger partial charge in [0, 0.05) is 5.02 Å². The summed E-state index contributed by atoms with van der Waals surface area (Å²) in [5.74, 6) is -1.02. The molecule has 2 rings (SSSR count). The molecule has 1 amide bonds. The summed E-state index contributed by atoms with van der Waals surface area (Å²) in [6.07, 6.45) is 1.54. The molecule has 2 atom stereocenters. The fourth-order valence-corrected chi connectivity index (χ4v) is 2.82.